The molecule has 0 fully saturated rings. The first kappa shape index (κ1) is 19.0. The number of unbranched alkanes of at least 4 members (excludes halogenated alkanes) is 1. The molecule has 128 valence electrons. The third-order valence-corrected chi connectivity index (χ3v) is 3.12. The van der Waals surface area contributed by atoms with Crippen molar-refractivity contribution < 1.29 is 23.8 Å². The van der Waals surface area contributed by atoms with Gasteiger partial charge in [-0.05, 0) is 30.7 Å². The van der Waals surface area contributed by atoms with E-state index in [1.54, 1.807) is 12.1 Å². The van der Waals surface area contributed by atoms with E-state index in [2.05, 4.69) is 17.0 Å². The van der Waals surface area contributed by atoms with E-state index in [0.717, 1.165) is 25.1 Å². The van der Waals surface area contributed by atoms with Gasteiger partial charge in [0.15, 0.2) is 0 Å². The van der Waals surface area contributed by atoms with E-state index in [9.17, 15) is 9.59 Å². The number of carbonyl (C=O) groups excluding carboxylic acids is 2. The first-order valence-electron chi connectivity index (χ1n) is 7.83. The number of esters is 2. The summed E-state index contributed by atoms with van der Waals surface area (Å²) in [5, 5.41) is 3.28. The Labute approximate surface area is 137 Å². The first-order chi connectivity index (χ1) is 11.2. The second kappa shape index (κ2) is 11.5. The first-order valence-corrected chi connectivity index (χ1v) is 7.83. The van der Waals surface area contributed by atoms with Gasteiger partial charge >= 0.3 is 11.9 Å². The summed E-state index contributed by atoms with van der Waals surface area (Å²) in [6.07, 6.45) is 2.44. The Morgan fingerprint density at radius 2 is 1.83 bits per heavy atom. The Balaban J connectivity index is 2.20. The van der Waals surface area contributed by atoms with Crippen LogP contribution in [-0.2, 0) is 19.0 Å². The largest absolute Gasteiger partial charge is 0.469 e. The molecule has 0 spiro atoms. The molecule has 1 N–H and O–H groups in total. The summed E-state index contributed by atoms with van der Waals surface area (Å²) in [6.45, 7) is 3.71. The van der Waals surface area contributed by atoms with Gasteiger partial charge in [-0.25, -0.2) is 4.79 Å². The number of rotatable bonds is 11. The number of carbonyl (C=O) groups is 2. The summed E-state index contributed by atoms with van der Waals surface area (Å²) in [6, 6.07) is 7.18. The molecular formula is C17H25NO5. The van der Waals surface area contributed by atoms with Gasteiger partial charge in [0.2, 0.25) is 0 Å². The van der Waals surface area contributed by atoms with E-state index >= 15 is 0 Å². The van der Waals surface area contributed by atoms with Crippen LogP contribution in [-0.4, -0.2) is 45.4 Å². The van der Waals surface area contributed by atoms with Crippen molar-refractivity contribution in [3.8, 4) is 0 Å². The molecule has 6 nitrogen and oxygen atoms in total. The molecule has 0 atom stereocenters. The van der Waals surface area contributed by atoms with Gasteiger partial charge in [0.1, 0.15) is 6.61 Å². The van der Waals surface area contributed by atoms with Crippen molar-refractivity contribution in [1.29, 1.82) is 0 Å². The monoisotopic (exact) mass is 323 g/mol. The molecule has 1 aromatic rings. The highest BCUT2D eigenvalue weighted by molar-refractivity contribution is 5.89. The SMILES string of the molecule is CCCCNc1ccc(C(=O)OCCOCCC(=O)OC)cc1. The molecule has 0 aliphatic rings. The Hall–Kier alpha value is -2.08. The second-order valence-corrected chi connectivity index (χ2v) is 4.93. The highest BCUT2D eigenvalue weighted by atomic mass is 16.6. The average molecular weight is 323 g/mol. The van der Waals surface area contributed by atoms with Gasteiger partial charge in [0, 0.05) is 12.2 Å². The number of hydrogen-bond acceptors (Lipinski definition) is 6. The van der Waals surface area contributed by atoms with Crippen molar-refractivity contribution >= 4 is 17.6 Å². The van der Waals surface area contributed by atoms with Crippen molar-refractivity contribution in [2.45, 2.75) is 26.2 Å². The zero-order valence-electron chi connectivity index (χ0n) is 13.8. The molecule has 0 aromatic heterocycles. The van der Waals surface area contributed by atoms with Crippen molar-refractivity contribution in [1.82, 2.24) is 0 Å². The molecule has 0 radical (unpaired) electrons. The molecule has 1 aromatic carbocycles. The van der Waals surface area contributed by atoms with Gasteiger partial charge in [-0.2, -0.15) is 0 Å². The van der Waals surface area contributed by atoms with Crippen LogP contribution < -0.4 is 5.32 Å². The standard InChI is InChI=1S/C17H25NO5/c1-3-4-10-18-15-7-5-14(6-8-15)17(20)23-13-12-22-11-9-16(19)21-2/h5-8,18H,3-4,9-13H2,1-2H3. The molecule has 0 saturated carbocycles. The molecule has 0 aliphatic heterocycles. The molecule has 0 heterocycles. The zero-order chi connectivity index (χ0) is 16.9. The number of hydrogen-bond donors (Lipinski definition) is 1. The average Bonchev–Trinajstić information content (AvgIpc) is 2.58. The highest BCUT2D eigenvalue weighted by Crippen LogP contribution is 2.10. The molecule has 6 heteroatoms. The van der Waals surface area contributed by atoms with Gasteiger partial charge < -0.3 is 19.5 Å². The number of anilines is 1. The van der Waals surface area contributed by atoms with E-state index in [1.165, 1.54) is 7.11 Å². The van der Waals surface area contributed by atoms with Crippen LogP contribution in [0.15, 0.2) is 24.3 Å². The van der Waals surface area contributed by atoms with Crippen LogP contribution in [0.2, 0.25) is 0 Å². The van der Waals surface area contributed by atoms with Crippen LogP contribution in [0, 0.1) is 0 Å². The Morgan fingerprint density at radius 1 is 1.09 bits per heavy atom. The van der Waals surface area contributed by atoms with Crippen molar-refractivity contribution in [2.24, 2.45) is 0 Å². The summed E-state index contributed by atoms with van der Waals surface area (Å²) in [5.41, 5.74) is 1.49. The lowest BCUT2D eigenvalue weighted by Gasteiger charge is -2.08. The molecule has 0 bridgehead atoms. The molecule has 0 unspecified atom stereocenters. The van der Waals surface area contributed by atoms with E-state index in [0.29, 0.717) is 5.56 Å². The lowest BCUT2D eigenvalue weighted by molar-refractivity contribution is -0.141. The molecule has 1 rings (SSSR count). The van der Waals surface area contributed by atoms with Gasteiger partial charge in [0.25, 0.3) is 0 Å². The summed E-state index contributed by atoms with van der Waals surface area (Å²) >= 11 is 0. The van der Waals surface area contributed by atoms with Crippen LogP contribution >= 0.6 is 0 Å². The smallest absolute Gasteiger partial charge is 0.338 e. The van der Waals surface area contributed by atoms with Gasteiger partial charge in [-0.15, -0.1) is 0 Å². The van der Waals surface area contributed by atoms with E-state index < -0.39 is 0 Å². The normalized spacial score (nSPS) is 10.2. The molecule has 23 heavy (non-hydrogen) atoms. The van der Waals surface area contributed by atoms with E-state index in [4.69, 9.17) is 9.47 Å². The third-order valence-electron chi connectivity index (χ3n) is 3.12. The van der Waals surface area contributed by atoms with Crippen LogP contribution in [0.1, 0.15) is 36.5 Å². The molecule has 0 aliphatic carbocycles. The second-order valence-electron chi connectivity index (χ2n) is 4.93. The fourth-order valence-corrected chi connectivity index (χ4v) is 1.77. The van der Waals surface area contributed by atoms with Crippen LogP contribution in [0.5, 0.6) is 0 Å². The number of benzene rings is 1. The number of ether oxygens (including phenoxy) is 3. The minimum Gasteiger partial charge on any atom is -0.469 e. The highest BCUT2D eigenvalue weighted by Gasteiger charge is 2.07. The third kappa shape index (κ3) is 8.21. The van der Waals surface area contributed by atoms with Crippen LogP contribution in [0.3, 0.4) is 0 Å². The van der Waals surface area contributed by atoms with Crippen molar-refractivity contribution in [2.75, 3.05) is 38.8 Å². The number of methoxy groups -OCH3 is 1. The molecular weight excluding hydrogens is 298 g/mol. The Bertz CT molecular complexity index is 472. The van der Waals surface area contributed by atoms with Gasteiger partial charge in [0.05, 0.1) is 32.3 Å². The maximum Gasteiger partial charge on any atom is 0.338 e. The zero-order valence-corrected chi connectivity index (χ0v) is 13.8. The maximum atomic E-state index is 11.8. The molecule has 0 amide bonds. The quantitative estimate of drug-likeness (QED) is 0.498. The fourth-order valence-electron chi connectivity index (χ4n) is 1.77. The summed E-state index contributed by atoms with van der Waals surface area (Å²) < 4.78 is 14.8. The van der Waals surface area contributed by atoms with E-state index in [-0.39, 0.29) is 38.2 Å². The lowest BCUT2D eigenvalue weighted by atomic mass is 10.2. The predicted molar refractivity (Wildman–Crippen MR) is 87.6 cm³/mol. The summed E-state index contributed by atoms with van der Waals surface area (Å²) in [5.74, 6) is -0.712. The number of nitrogens with one attached hydrogen (secondary N) is 1. The minimum atomic E-state index is -0.387. The van der Waals surface area contributed by atoms with Crippen molar-refractivity contribution in [3.05, 3.63) is 29.8 Å². The summed E-state index contributed by atoms with van der Waals surface area (Å²) in [4.78, 5) is 22.7. The van der Waals surface area contributed by atoms with Crippen molar-refractivity contribution in [3.63, 3.8) is 0 Å². The fraction of sp³-hybridized carbons (Fsp3) is 0.529. The van der Waals surface area contributed by atoms with Crippen LogP contribution in [0.25, 0.3) is 0 Å². The summed E-state index contributed by atoms with van der Waals surface area (Å²) in [7, 11) is 1.33. The Kier molecular flexibility index (Phi) is 9.47. The molecule has 0 saturated heterocycles. The topological polar surface area (TPSA) is 73.9 Å². The minimum absolute atomic E-state index is 0.149. The Morgan fingerprint density at radius 3 is 2.48 bits per heavy atom. The van der Waals surface area contributed by atoms with Gasteiger partial charge in [-0.3, -0.25) is 4.79 Å². The van der Waals surface area contributed by atoms with Gasteiger partial charge in [-0.1, -0.05) is 13.3 Å². The van der Waals surface area contributed by atoms with E-state index in [1.807, 2.05) is 12.1 Å². The predicted octanol–water partition coefficient (Wildman–Crippen LogP) is 2.64. The lowest BCUT2D eigenvalue weighted by Crippen LogP contribution is -2.13. The van der Waals surface area contributed by atoms with Crippen LogP contribution in [0.4, 0.5) is 5.69 Å². The maximum absolute atomic E-state index is 11.8.